The zero-order valence-electron chi connectivity index (χ0n) is 14.7. The smallest absolute Gasteiger partial charge is 0.263 e. The molecule has 4 rings (SSSR count). The van der Waals surface area contributed by atoms with Crippen molar-refractivity contribution < 1.29 is 9.59 Å². The molecule has 0 saturated carbocycles. The number of pyridine rings is 1. The van der Waals surface area contributed by atoms with Gasteiger partial charge in [-0.3, -0.25) is 14.4 Å². The summed E-state index contributed by atoms with van der Waals surface area (Å²) in [7, 11) is 1.62. The summed E-state index contributed by atoms with van der Waals surface area (Å²) in [6.45, 7) is 4.01. The molecule has 2 aromatic heterocycles. The van der Waals surface area contributed by atoms with Gasteiger partial charge in [-0.05, 0) is 19.1 Å². The van der Waals surface area contributed by atoms with Crippen LogP contribution in [0.15, 0.2) is 28.5 Å². The second-order valence-electron chi connectivity index (χ2n) is 6.99. The average molecular weight is 372 g/mol. The molecule has 0 radical (unpaired) electrons. The zero-order valence-corrected chi connectivity index (χ0v) is 15.5. The quantitative estimate of drug-likeness (QED) is 0.802. The van der Waals surface area contributed by atoms with Crippen molar-refractivity contribution in [3.63, 3.8) is 0 Å². The molecule has 7 nitrogen and oxygen atoms in total. The van der Waals surface area contributed by atoms with E-state index in [1.165, 1.54) is 4.57 Å². The minimum absolute atomic E-state index is 0.0805. The number of aromatic nitrogens is 2. The van der Waals surface area contributed by atoms with Crippen LogP contribution >= 0.6 is 11.3 Å². The van der Waals surface area contributed by atoms with E-state index in [0.717, 1.165) is 10.7 Å². The molecule has 2 aliphatic heterocycles. The van der Waals surface area contributed by atoms with E-state index in [1.54, 1.807) is 41.6 Å². The molecule has 2 aliphatic rings. The number of rotatable bonds is 3. The molecule has 136 valence electrons. The lowest BCUT2D eigenvalue weighted by Gasteiger charge is -2.21. The molecule has 2 atom stereocenters. The molecular formula is C18H20N4O3S. The lowest BCUT2D eigenvalue weighted by Crippen LogP contribution is -2.38. The Hall–Kier alpha value is -2.48. The van der Waals surface area contributed by atoms with Crippen molar-refractivity contribution in [1.29, 1.82) is 0 Å². The largest absolute Gasteiger partial charge is 0.337 e. The maximum absolute atomic E-state index is 12.7. The van der Waals surface area contributed by atoms with Crippen molar-refractivity contribution in [2.24, 2.45) is 18.9 Å². The molecule has 2 saturated heterocycles. The van der Waals surface area contributed by atoms with E-state index in [2.05, 4.69) is 4.98 Å². The van der Waals surface area contributed by atoms with Crippen LogP contribution in [0.25, 0.3) is 0 Å². The molecule has 0 spiro atoms. The Morgan fingerprint density at radius 3 is 2.81 bits per heavy atom. The first-order valence-electron chi connectivity index (χ1n) is 8.58. The number of carbonyl (C=O) groups excluding carboxylic acids is 2. The lowest BCUT2D eigenvalue weighted by molar-refractivity contribution is -0.131. The number of amides is 2. The maximum Gasteiger partial charge on any atom is 0.263 e. The molecule has 26 heavy (non-hydrogen) atoms. The van der Waals surface area contributed by atoms with E-state index >= 15 is 0 Å². The molecule has 0 unspecified atom stereocenters. The molecule has 0 N–H and O–H groups in total. The Bertz CT molecular complexity index is 935. The monoisotopic (exact) mass is 372 g/mol. The van der Waals surface area contributed by atoms with Gasteiger partial charge in [0.05, 0.1) is 23.2 Å². The normalized spacial score (nSPS) is 22.2. The van der Waals surface area contributed by atoms with Gasteiger partial charge in [-0.25, -0.2) is 4.98 Å². The van der Waals surface area contributed by atoms with Crippen LogP contribution in [-0.2, 0) is 18.4 Å². The summed E-state index contributed by atoms with van der Waals surface area (Å²) >= 11 is 1.58. The fraction of sp³-hybridized carbons (Fsp3) is 0.444. The minimum Gasteiger partial charge on any atom is -0.337 e. The highest BCUT2D eigenvalue weighted by Gasteiger charge is 2.47. The Morgan fingerprint density at radius 1 is 1.31 bits per heavy atom. The summed E-state index contributed by atoms with van der Waals surface area (Å²) in [6, 6.07) is 3.24. The number of hydrogen-bond acceptors (Lipinski definition) is 5. The Morgan fingerprint density at radius 2 is 2.12 bits per heavy atom. The summed E-state index contributed by atoms with van der Waals surface area (Å²) in [6.07, 6.45) is 1.62. The van der Waals surface area contributed by atoms with Gasteiger partial charge in [0.15, 0.2) is 0 Å². The Balaban J connectivity index is 1.45. The molecule has 4 heterocycles. The lowest BCUT2D eigenvalue weighted by atomic mass is 10.0. The molecule has 8 heteroatoms. The molecule has 0 aromatic carbocycles. The van der Waals surface area contributed by atoms with Gasteiger partial charge in [-0.2, -0.15) is 0 Å². The van der Waals surface area contributed by atoms with Gasteiger partial charge in [0.25, 0.3) is 11.5 Å². The first-order valence-corrected chi connectivity index (χ1v) is 9.46. The van der Waals surface area contributed by atoms with Crippen LogP contribution in [0.4, 0.5) is 0 Å². The van der Waals surface area contributed by atoms with Gasteiger partial charge < -0.3 is 14.4 Å². The van der Waals surface area contributed by atoms with E-state index in [4.69, 9.17) is 0 Å². The number of fused-ring (bicyclic) bond motifs is 1. The third-order valence-corrected chi connectivity index (χ3v) is 6.01. The Labute approximate surface area is 154 Å². The standard InChI is InChI=1S/C18H20N4O3S/c1-11-19-13(10-26-11)8-21-6-12-7-22(9-15(12)18(21)25)17(24)14-4-3-5-20(2)16(14)23/h3-5,10,12,15H,6-9H2,1-2H3/t12-,15+/m1/s1. The highest BCUT2D eigenvalue weighted by Crippen LogP contribution is 2.33. The van der Waals surface area contributed by atoms with Gasteiger partial charge in [-0.1, -0.05) is 0 Å². The molecule has 2 fully saturated rings. The van der Waals surface area contributed by atoms with E-state index in [-0.39, 0.29) is 34.8 Å². The highest BCUT2D eigenvalue weighted by molar-refractivity contribution is 7.09. The second-order valence-corrected chi connectivity index (χ2v) is 8.05. The number of carbonyl (C=O) groups is 2. The third kappa shape index (κ3) is 2.84. The summed E-state index contributed by atoms with van der Waals surface area (Å²) < 4.78 is 1.40. The van der Waals surface area contributed by atoms with Crippen LogP contribution in [0.5, 0.6) is 0 Å². The number of likely N-dealkylation sites (tertiary alicyclic amines) is 2. The SMILES string of the molecule is Cc1nc(CN2C[C@@H]3CN(C(=O)c4cccn(C)c4=O)C[C@@H]3C2=O)cs1. The van der Waals surface area contributed by atoms with Crippen molar-refractivity contribution in [3.8, 4) is 0 Å². The van der Waals surface area contributed by atoms with Gasteiger partial charge in [0.2, 0.25) is 5.91 Å². The van der Waals surface area contributed by atoms with Crippen molar-refractivity contribution >= 4 is 23.2 Å². The third-order valence-electron chi connectivity index (χ3n) is 5.19. The van der Waals surface area contributed by atoms with E-state index in [1.807, 2.05) is 17.2 Å². The van der Waals surface area contributed by atoms with Crippen LogP contribution in [0.1, 0.15) is 21.1 Å². The fourth-order valence-corrected chi connectivity index (χ4v) is 4.46. The first-order chi connectivity index (χ1) is 12.4. The van der Waals surface area contributed by atoms with Crippen molar-refractivity contribution in [3.05, 3.63) is 50.3 Å². The number of aryl methyl sites for hydroxylation is 2. The summed E-state index contributed by atoms with van der Waals surface area (Å²) in [5.41, 5.74) is 0.778. The number of thiazole rings is 1. The fourth-order valence-electron chi connectivity index (χ4n) is 3.86. The van der Waals surface area contributed by atoms with Gasteiger partial charge in [-0.15, -0.1) is 11.3 Å². The second kappa shape index (κ2) is 6.35. The zero-order chi connectivity index (χ0) is 18.4. The van der Waals surface area contributed by atoms with Gasteiger partial charge >= 0.3 is 0 Å². The molecule has 2 amide bonds. The van der Waals surface area contributed by atoms with Crippen LogP contribution < -0.4 is 5.56 Å². The van der Waals surface area contributed by atoms with Crippen LogP contribution in [-0.4, -0.2) is 50.8 Å². The molecule has 0 aliphatic carbocycles. The molecule has 2 aromatic rings. The number of hydrogen-bond donors (Lipinski definition) is 0. The van der Waals surface area contributed by atoms with Crippen molar-refractivity contribution in [2.45, 2.75) is 13.5 Å². The van der Waals surface area contributed by atoms with E-state index in [0.29, 0.717) is 26.2 Å². The molecular weight excluding hydrogens is 352 g/mol. The van der Waals surface area contributed by atoms with E-state index in [9.17, 15) is 14.4 Å². The predicted octanol–water partition coefficient (Wildman–Crippen LogP) is 0.881. The van der Waals surface area contributed by atoms with Crippen LogP contribution in [0.3, 0.4) is 0 Å². The highest BCUT2D eigenvalue weighted by atomic mass is 32.1. The molecule has 0 bridgehead atoms. The maximum atomic E-state index is 12.7. The number of nitrogens with zero attached hydrogens (tertiary/aromatic N) is 4. The summed E-state index contributed by atoms with van der Waals surface area (Å²) in [5.74, 6) is -0.253. The van der Waals surface area contributed by atoms with Crippen molar-refractivity contribution in [1.82, 2.24) is 19.4 Å². The van der Waals surface area contributed by atoms with Crippen LogP contribution in [0.2, 0.25) is 0 Å². The van der Waals surface area contributed by atoms with Crippen molar-refractivity contribution in [2.75, 3.05) is 19.6 Å². The first kappa shape index (κ1) is 17.0. The summed E-state index contributed by atoms with van der Waals surface area (Å²) in [4.78, 5) is 45.5. The topological polar surface area (TPSA) is 75.5 Å². The predicted molar refractivity (Wildman–Crippen MR) is 96.8 cm³/mol. The average Bonchev–Trinajstić information content (AvgIpc) is 3.28. The van der Waals surface area contributed by atoms with E-state index < -0.39 is 0 Å². The Kier molecular flexibility index (Phi) is 4.14. The summed E-state index contributed by atoms with van der Waals surface area (Å²) in [5, 5.41) is 2.98. The van der Waals surface area contributed by atoms with Gasteiger partial charge in [0.1, 0.15) is 5.56 Å². The van der Waals surface area contributed by atoms with Crippen LogP contribution in [0, 0.1) is 18.8 Å². The minimum atomic E-state index is -0.304. The van der Waals surface area contributed by atoms with Gasteiger partial charge in [0, 0.05) is 44.2 Å².